The SMILES string of the molecule is O=C(O)c1cccc(-c2c3c(c(C(=O)O)c(C(=O)O)c2-c2c4c(cc(C(=O)O)c2C(=O)O)C(O)C4)C(O)C3)c1C(=O)O. The average molecular weight is 578 g/mol. The van der Waals surface area contributed by atoms with E-state index in [9.17, 15) is 69.6 Å². The molecule has 0 radical (unpaired) electrons. The molecule has 0 spiro atoms. The maximum atomic E-state index is 12.8. The lowest BCUT2D eigenvalue weighted by molar-refractivity contribution is 0.0641. The molecule has 0 bridgehead atoms. The van der Waals surface area contributed by atoms with E-state index < -0.39 is 109 Å². The summed E-state index contributed by atoms with van der Waals surface area (Å²) in [6.45, 7) is 0. The molecule has 2 atom stereocenters. The van der Waals surface area contributed by atoms with Crippen LogP contribution in [-0.2, 0) is 12.8 Å². The molecule has 8 N–H and O–H groups in total. The Hall–Kier alpha value is -5.60. The second-order valence-electron chi connectivity index (χ2n) is 9.63. The molecule has 5 rings (SSSR count). The third-order valence-electron chi connectivity index (χ3n) is 7.50. The van der Waals surface area contributed by atoms with Gasteiger partial charge in [0.05, 0.1) is 45.6 Å². The molecule has 14 heteroatoms. The molecule has 2 unspecified atom stereocenters. The van der Waals surface area contributed by atoms with Gasteiger partial charge in [0.2, 0.25) is 0 Å². The number of fused-ring (bicyclic) bond motifs is 2. The van der Waals surface area contributed by atoms with E-state index in [1.807, 2.05) is 0 Å². The normalized spacial score (nSPS) is 16.3. The Morgan fingerprint density at radius 1 is 0.548 bits per heavy atom. The Labute approximate surface area is 233 Å². The fourth-order valence-corrected chi connectivity index (χ4v) is 5.82. The highest BCUT2D eigenvalue weighted by atomic mass is 16.4. The number of aliphatic hydroxyl groups excluding tert-OH is 2. The number of carbonyl (C=O) groups is 6. The Balaban J connectivity index is 2.14. The molecular formula is C28H18O14. The molecule has 214 valence electrons. The molecule has 0 aliphatic heterocycles. The topological polar surface area (TPSA) is 264 Å². The number of rotatable bonds is 8. The predicted molar refractivity (Wildman–Crippen MR) is 136 cm³/mol. The van der Waals surface area contributed by atoms with E-state index >= 15 is 0 Å². The Morgan fingerprint density at radius 2 is 1.10 bits per heavy atom. The molecule has 0 aromatic heterocycles. The van der Waals surface area contributed by atoms with Crippen molar-refractivity contribution in [2.75, 3.05) is 0 Å². The Kier molecular flexibility index (Phi) is 6.32. The summed E-state index contributed by atoms with van der Waals surface area (Å²) in [6.07, 6.45) is -3.47. The number of carboxylic acids is 6. The minimum atomic E-state index is -1.94. The van der Waals surface area contributed by atoms with E-state index in [2.05, 4.69) is 0 Å². The number of aliphatic hydroxyl groups is 2. The lowest BCUT2D eigenvalue weighted by Gasteiger charge is -2.36. The zero-order valence-corrected chi connectivity index (χ0v) is 20.9. The smallest absolute Gasteiger partial charge is 0.337 e. The average Bonchev–Trinajstić information content (AvgIpc) is 2.89. The van der Waals surface area contributed by atoms with E-state index in [0.717, 1.165) is 24.3 Å². The van der Waals surface area contributed by atoms with Crippen molar-refractivity contribution in [3.05, 3.63) is 79.9 Å². The van der Waals surface area contributed by atoms with Crippen molar-refractivity contribution < 1.29 is 69.6 Å². The van der Waals surface area contributed by atoms with Crippen molar-refractivity contribution >= 4 is 35.8 Å². The van der Waals surface area contributed by atoms with Crippen LogP contribution in [0.3, 0.4) is 0 Å². The van der Waals surface area contributed by atoms with Gasteiger partial charge in [0, 0.05) is 29.5 Å². The summed E-state index contributed by atoms with van der Waals surface area (Å²) in [4.78, 5) is 74.3. The fraction of sp³-hybridized carbons (Fsp3) is 0.143. The molecule has 0 saturated heterocycles. The van der Waals surface area contributed by atoms with Crippen LogP contribution in [0.15, 0.2) is 24.3 Å². The number of hydrogen-bond donors (Lipinski definition) is 8. The maximum absolute atomic E-state index is 12.8. The largest absolute Gasteiger partial charge is 0.478 e. The van der Waals surface area contributed by atoms with Gasteiger partial charge in [0.25, 0.3) is 0 Å². The number of aromatic carboxylic acids is 6. The minimum Gasteiger partial charge on any atom is -0.478 e. The van der Waals surface area contributed by atoms with Crippen LogP contribution in [0.4, 0.5) is 0 Å². The van der Waals surface area contributed by atoms with Gasteiger partial charge in [-0.1, -0.05) is 12.1 Å². The third-order valence-corrected chi connectivity index (χ3v) is 7.50. The van der Waals surface area contributed by atoms with Crippen LogP contribution in [0.5, 0.6) is 0 Å². The summed E-state index contributed by atoms with van der Waals surface area (Å²) in [6, 6.07) is 4.09. The molecule has 14 nitrogen and oxygen atoms in total. The second kappa shape index (κ2) is 9.50. The van der Waals surface area contributed by atoms with Crippen LogP contribution in [0.25, 0.3) is 22.3 Å². The highest BCUT2D eigenvalue weighted by molar-refractivity contribution is 6.18. The predicted octanol–water partition coefficient (Wildman–Crippen LogP) is 2.39. The van der Waals surface area contributed by atoms with E-state index in [0.29, 0.717) is 0 Å². The van der Waals surface area contributed by atoms with Gasteiger partial charge in [-0.25, -0.2) is 28.8 Å². The first kappa shape index (κ1) is 27.9. The summed E-state index contributed by atoms with van der Waals surface area (Å²) < 4.78 is 0. The summed E-state index contributed by atoms with van der Waals surface area (Å²) in [5, 5.41) is 81.0. The van der Waals surface area contributed by atoms with Crippen molar-refractivity contribution in [2.45, 2.75) is 25.0 Å². The van der Waals surface area contributed by atoms with Gasteiger partial charge in [-0.15, -0.1) is 0 Å². The van der Waals surface area contributed by atoms with Gasteiger partial charge >= 0.3 is 35.8 Å². The third kappa shape index (κ3) is 3.81. The molecule has 2 aliphatic carbocycles. The second-order valence-corrected chi connectivity index (χ2v) is 9.63. The van der Waals surface area contributed by atoms with E-state index in [1.165, 1.54) is 0 Å². The zero-order chi connectivity index (χ0) is 30.9. The van der Waals surface area contributed by atoms with Gasteiger partial charge in [-0.2, -0.15) is 0 Å². The van der Waals surface area contributed by atoms with E-state index in [1.54, 1.807) is 0 Å². The summed E-state index contributed by atoms with van der Waals surface area (Å²) in [5.74, 6) is -10.9. The molecule has 2 aliphatic rings. The quantitative estimate of drug-likeness (QED) is 0.191. The fourth-order valence-electron chi connectivity index (χ4n) is 5.82. The van der Waals surface area contributed by atoms with Crippen molar-refractivity contribution in [3.63, 3.8) is 0 Å². The summed E-state index contributed by atoms with van der Waals surface area (Å²) in [7, 11) is 0. The monoisotopic (exact) mass is 578 g/mol. The molecule has 0 fully saturated rings. The molecule has 0 amide bonds. The Morgan fingerprint density at radius 3 is 1.57 bits per heavy atom. The highest BCUT2D eigenvalue weighted by Gasteiger charge is 2.44. The van der Waals surface area contributed by atoms with Gasteiger partial charge in [0.15, 0.2) is 0 Å². The molecule has 3 aromatic carbocycles. The molecule has 0 heterocycles. The van der Waals surface area contributed by atoms with Gasteiger partial charge < -0.3 is 40.9 Å². The number of benzene rings is 3. The van der Waals surface area contributed by atoms with Crippen LogP contribution in [-0.4, -0.2) is 76.7 Å². The van der Waals surface area contributed by atoms with Crippen molar-refractivity contribution in [3.8, 4) is 22.3 Å². The lowest BCUT2D eigenvalue weighted by atomic mass is 9.68. The molecular weight excluding hydrogens is 560 g/mol. The zero-order valence-electron chi connectivity index (χ0n) is 20.9. The van der Waals surface area contributed by atoms with E-state index in [4.69, 9.17) is 0 Å². The first-order valence-electron chi connectivity index (χ1n) is 12.0. The Bertz CT molecular complexity index is 1830. The number of carboxylic acid groups (broad SMARTS) is 6. The van der Waals surface area contributed by atoms with Gasteiger partial charge in [-0.05, 0) is 39.9 Å². The van der Waals surface area contributed by atoms with Crippen LogP contribution >= 0.6 is 0 Å². The minimum absolute atomic E-state index is 0.0314. The molecule has 42 heavy (non-hydrogen) atoms. The van der Waals surface area contributed by atoms with E-state index in [-0.39, 0.29) is 29.5 Å². The standard InChI is InChI=1S/C28H18O14/c29-13-5-10-9(13)4-12(24(33)34)19(26(37)38)18(10)20-15(7-2-1-3-8(23(31)32)16(7)25(35)36)11-6-14(30)17(11)21(27(39)40)22(20)28(41)42/h1-4,13-14,29-30H,5-6H2,(H,31,32)(H,33,34)(H,35,36)(H,37,38)(H,39,40)(H,41,42). The van der Waals surface area contributed by atoms with Crippen LogP contribution in [0.1, 0.15) is 96.6 Å². The maximum Gasteiger partial charge on any atom is 0.337 e. The van der Waals surface area contributed by atoms with Crippen LogP contribution < -0.4 is 0 Å². The lowest BCUT2D eigenvalue weighted by Crippen LogP contribution is -2.29. The van der Waals surface area contributed by atoms with Crippen LogP contribution in [0, 0.1) is 0 Å². The first-order chi connectivity index (χ1) is 19.7. The van der Waals surface area contributed by atoms with Gasteiger partial charge in [0.1, 0.15) is 0 Å². The van der Waals surface area contributed by atoms with Crippen molar-refractivity contribution in [1.82, 2.24) is 0 Å². The van der Waals surface area contributed by atoms with Crippen molar-refractivity contribution in [2.24, 2.45) is 0 Å². The molecule has 3 aromatic rings. The van der Waals surface area contributed by atoms with Gasteiger partial charge in [-0.3, -0.25) is 0 Å². The summed E-state index contributed by atoms with van der Waals surface area (Å²) >= 11 is 0. The van der Waals surface area contributed by atoms with Crippen molar-refractivity contribution in [1.29, 1.82) is 0 Å². The summed E-state index contributed by atoms with van der Waals surface area (Å²) in [5.41, 5.74) is -8.16. The van der Waals surface area contributed by atoms with Crippen LogP contribution in [0.2, 0.25) is 0 Å². The molecule has 0 saturated carbocycles. The number of hydrogen-bond acceptors (Lipinski definition) is 8. The highest BCUT2D eigenvalue weighted by Crippen LogP contribution is 2.54. The first-order valence-corrected chi connectivity index (χ1v) is 12.0.